The summed E-state index contributed by atoms with van der Waals surface area (Å²) in [6, 6.07) is -0.0318. The molecule has 1 aromatic rings. The summed E-state index contributed by atoms with van der Waals surface area (Å²) in [5.41, 5.74) is -0.310. The third kappa shape index (κ3) is 10.2. The summed E-state index contributed by atoms with van der Waals surface area (Å²) in [7, 11) is 0. The van der Waals surface area contributed by atoms with Gasteiger partial charge in [-0.1, -0.05) is 61.3 Å². The van der Waals surface area contributed by atoms with Crippen LogP contribution in [0.15, 0.2) is 24.5 Å². The maximum atomic E-state index is 13.1. The van der Waals surface area contributed by atoms with E-state index in [1.807, 2.05) is 13.8 Å². The molecular weight excluding hydrogens is 486 g/mol. The van der Waals surface area contributed by atoms with Gasteiger partial charge in [-0.05, 0) is 43.2 Å². The molecule has 1 heterocycles. The number of nitrogens with one attached hydrogen (secondary N) is 4. The van der Waals surface area contributed by atoms with E-state index in [0.717, 1.165) is 25.7 Å². The molecule has 38 heavy (non-hydrogen) atoms. The normalized spacial score (nSPS) is 13.8. The van der Waals surface area contributed by atoms with Crippen molar-refractivity contribution < 1.29 is 24.0 Å². The number of ketones is 1. The van der Waals surface area contributed by atoms with E-state index < -0.39 is 53.0 Å². The zero-order valence-corrected chi connectivity index (χ0v) is 24.0. The van der Waals surface area contributed by atoms with Crippen LogP contribution in [0.2, 0.25) is 0 Å². The lowest BCUT2D eigenvalue weighted by Gasteiger charge is -2.31. The zero-order chi connectivity index (χ0) is 29.0. The molecule has 10 heteroatoms. The van der Waals surface area contributed by atoms with E-state index in [1.54, 1.807) is 34.6 Å². The van der Waals surface area contributed by atoms with E-state index in [9.17, 15) is 24.0 Å². The third-order valence-corrected chi connectivity index (χ3v) is 6.18. The molecule has 1 rings (SSSR count). The molecule has 0 spiro atoms. The summed E-state index contributed by atoms with van der Waals surface area (Å²) in [5, 5.41) is 10.8. The maximum Gasteiger partial charge on any atom is 0.289 e. The average molecular weight is 532 g/mol. The second kappa shape index (κ2) is 15.2. The molecule has 4 amide bonds. The Bertz CT molecular complexity index is 952. The van der Waals surface area contributed by atoms with Gasteiger partial charge in [0.2, 0.25) is 17.6 Å². The van der Waals surface area contributed by atoms with Crippen LogP contribution in [0.3, 0.4) is 0 Å². The van der Waals surface area contributed by atoms with Crippen LogP contribution in [0.25, 0.3) is 0 Å². The molecule has 0 saturated carbocycles. The van der Waals surface area contributed by atoms with Crippen molar-refractivity contribution in [1.29, 1.82) is 0 Å². The molecule has 0 aliphatic rings. The fourth-order valence-electron chi connectivity index (χ4n) is 3.95. The number of carbonyl (C=O) groups is 5. The van der Waals surface area contributed by atoms with Gasteiger partial charge in [-0.3, -0.25) is 29.0 Å². The van der Waals surface area contributed by atoms with Crippen LogP contribution in [0, 0.1) is 11.3 Å². The lowest BCUT2D eigenvalue weighted by atomic mass is 9.85. The van der Waals surface area contributed by atoms with E-state index in [-0.39, 0.29) is 12.0 Å². The lowest BCUT2D eigenvalue weighted by Crippen LogP contribution is -2.59. The Morgan fingerprint density at radius 1 is 0.816 bits per heavy atom. The van der Waals surface area contributed by atoms with Gasteiger partial charge in [0, 0.05) is 24.0 Å². The first-order chi connectivity index (χ1) is 17.7. The monoisotopic (exact) mass is 531 g/mol. The molecule has 0 fully saturated rings. The number of Topliss-reactive ketones (excluding diaryl/α,β-unsaturated/α-hetero) is 1. The van der Waals surface area contributed by atoms with Crippen LogP contribution in [-0.4, -0.2) is 58.6 Å². The van der Waals surface area contributed by atoms with Crippen molar-refractivity contribution in [3.8, 4) is 0 Å². The Morgan fingerprint density at radius 3 is 1.84 bits per heavy atom. The standard InChI is InChI=1S/C28H45N5O5/c1-9-11-20(12-10-2)31-26(37)22(34)21(17(3)4)32-24(35)18(5)30-27(38)23(28(6,7)8)33-25(36)19-13-15-29-16-14-19/h13-18,20-21,23H,9-12H2,1-8H3,(H,30,38)(H,31,37)(H,32,35)(H,33,36). The number of pyridine rings is 1. The molecule has 0 saturated heterocycles. The molecule has 0 bridgehead atoms. The van der Waals surface area contributed by atoms with Crippen LogP contribution in [-0.2, 0) is 19.2 Å². The highest BCUT2D eigenvalue weighted by molar-refractivity contribution is 6.38. The van der Waals surface area contributed by atoms with Gasteiger partial charge < -0.3 is 21.3 Å². The van der Waals surface area contributed by atoms with Crippen LogP contribution in [0.5, 0.6) is 0 Å². The van der Waals surface area contributed by atoms with Crippen LogP contribution in [0.4, 0.5) is 0 Å². The fourth-order valence-corrected chi connectivity index (χ4v) is 3.95. The Labute approximate surface area is 226 Å². The van der Waals surface area contributed by atoms with Crippen molar-refractivity contribution >= 4 is 29.4 Å². The zero-order valence-electron chi connectivity index (χ0n) is 24.0. The Hall–Kier alpha value is -3.30. The molecule has 4 N–H and O–H groups in total. The Morgan fingerprint density at radius 2 is 1.37 bits per heavy atom. The second-order valence-corrected chi connectivity index (χ2v) is 11.1. The molecule has 3 atom stereocenters. The van der Waals surface area contributed by atoms with E-state index >= 15 is 0 Å². The van der Waals surface area contributed by atoms with Crippen molar-refractivity contribution in [2.75, 3.05) is 0 Å². The summed E-state index contributed by atoms with van der Waals surface area (Å²) >= 11 is 0. The van der Waals surface area contributed by atoms with Crippen molar-refractivity contribution in [3.63, 3.8) is 0 Å². The van der Waals surface area contributed by atoms with E-state index in [0.29, 0.717) is 5.56 Å². The molecule has 3 unspecified atom stereocenters. The summed E-state index contributed by atoms with van der Waals surface area (Å²) in [6.45, 7) is 14.4. The first-order valence-electron chi connectivity index (χ1n) is 13.4. The molecule has 212 valence electrons. The highest BCUT2D eigenvalue weighted by Crippen LogP contribution is 2.20. The number of rotatable bonds is 14. The second-order valence-electron chi connectivity index (χ2n) is 11.1. The third-order valence-electron chi connectivity index (χ3n) is 6.18. The van der Waals surface area contributed by atoms with Gasteiger partial charge in [0.15, 0.2) is 0 Å². The number of aromatic nitrogens is 1. The first-order valence-corrected chi connectivity index (χ1v) is 13.4. The van der Waals surface area contributed by atoms with Crippen molar-refractivity contribution in [2.45, 2.75) is 105 Å². The quantitative estimate of drug-likeness (QED) is 0.271. The Kier molecular flexibility index (Phi) is 13.1. The molecule has 0 aliphatic heterocycles. The summed E-state index contributed by atoms with van der Waals surface area (Å²) in [5.74, 6) is -3.39. The predicted octanol–water partition coefficient (Wildman–Crippen LogP) is 2.53. The van der Waals surface area contributed by atoms with Crippen LogP contribution < -0.4 is 21.3 Å². The van der Waals surface area contributed by atoms with Crippen LogP contribution >= 0.6 is 0 Å². The summed E-state index contributed by atoms with van der Waals surface area (Å²) in [4.78, 5) is 68.3. The highest BCUT2D eigenvalue weighted by Gasteiger charge is 2.36. The van der Waals surface area contributed by atoms with Crippen molar-refractivity contribution in [2.24, 2.45) is 11.3 Å². The molecule has 0 radical (unpaired) electrons. The maximum absolute atomic E-state index is 13.1. The molecule has 1 aromatic heterocycles. The highest BCUT2D eigenvalue weighted by atomic mass is 16.2. The van der Waals surface area contributed by atoms with Gasteiger partial charge in [-0.2, -0.15) is 0 Å². The molecule has 0 aliphatic carbocycles. The number of hydrogen-bond acceptors (Lipinski definition) is 6. The van der Waals surface area contributed by atoms with Gasteiger partial charge in [-0.15, -0.1) is 0 Å². The van der Waals surface area contributed by atoms with Crippen molar-refractivity contribution in [3.05, 3.63) is 30.1 Å². The molecule has 10 nitrogen and oxygen atoms in total. The molecule has 0 aromatic carbocycles. The fraction of sp³-hybridized carbons (Fsp3) is 0.643. The van der Waals surface area contributed by atoms with Crippen molar-refractivity contribution in [1.82, 2.24) is 26.3 Å². The largest absolute Gasteiger partial charge is 0.347 e. The topological polar surface area (TPSA) is 146 Å². The van der Waals surface area contributed by atoms with Gasteiger partial charge in [0.25, 0.3) is 11.8 Å². The Balaban J connectivity index is 2.90. The van der Waals surface area contributed by atoms with E-state index in [1.165, 1.54) is 31.5 Å². The minimum atomic E-state index is -1.05. The summed E-state index contributed by atoms with van der Waals surface area (Å²) in [6.07, 6.45) is 6.24. The van der Waals surface area contributed by atoms with Gasteiger partial charge in [-0.25, -0.2) is 0 Å². The minimum absolute atomic E-state index is 0.0973. The SMILES string of the molecule is CCCC(CCC)NC(=O)C(=O)C(NC(=O)C(C)NC(=O)C(NC(=O)c1ccncc1)C(C)(C)C)C(C)C. The smallest absolute Gasteiger partial charge is 0.289 e. The number of nitrogens with zero attached hydrogens (tertiary/aromatic N) is 1. The predicted molar refractivity (Wildman–Crippen MR) is 146 cm³/mol. The lowest BCUT2D eigenvalue weighted by molar-refractivity contribution is -0.141. The number of carbonyl (C=O) groups excluding carboxylic acids is 5. The van der Waals surface area contributed by atoms with Crippen LogP contribution in [0.1, 0.15) is 91.4 Å². The minimum Gasteiger partial charge on any atom is -0.347 e. The van der Waals surface area contributed by atoms with Gasteiger partial charge in [0.1, 0.15) is 12.1 Å². The molecular formula is C28H45N5O5. The number of amides is 4. The average Bonchev–Trinajstić information content (AvgIpc) is 2.84. The van der Waals surface area contributed by atoms with E-state index in [4.69, 9.17) is 0 Å². The first kappa shape index (κ1) is 32.7. The van der Waals surface area contributed by atoms with E-state index in [2.05, 4.69) is 26.3 Å². The summed E-state index contributed by atoms with van der Waals surface area (Å²) < 4.78 is 0. The van der Waals surface area contributed by atoms with Gasteiger partial charge in [0.05, 0.1) is 6.04 Å². The number of hydrogen-bond donors (Lipinski definition) is 4. The van der Waals surface area contributed by atoms with Gasteiger partial charge >= 0.3 is 0 Å².